The number of hydrogen-bond acceptors (Lipinski definition) is 5. The van der Waals surface area contributed by atoms with Crippen LogP contribution in [0.4, 0.5) is 5.69 Å². The first-order chi connectivity index (χ1) is 9.91. The topological polar surface area (TPSA) is 91.4 Å². The first-order valence-electron chi connectivity index (χ1n) is 6.33. The number of fused-ring (bicyclic) bond motifs is 1. The molecule has 110 valence electrons. The number of nitrogens with zero attached hydrogens (tertiary/aromatic N) is 2. The Kier molecular flexibility index (Phi) is 4.02. The number of pyridine rings is 1. The van der Waals surface area contributed by atoms with Crippen molar-refractivity contribution < 1.29 is 14.5 Å². The second-order valence-electron chi connectivity index (χ2n) is 4.68. The standard InChI is InChI=1S/C14H14N2O5/c1-9(8-21-10(2)17)15-7-6-11-12(14(15)18)4-3-5-13(11)16(19)20/h3-7,9H,8H2,1-2H3/t9-/m1/s1. The lowest BCUT2D eigenvalue weighted by atomic mass is 10.1. The molecule has 1 heterocycles. The molecular formula is C14H14N2O5. The Morgan fingerprint density at radius 3 is 2.71 bits per heavy atom. The van der Waals surface area contributed by atoms with Crippen LogP contribution < -0.4 is 5.56 Å². The summed E-state index contributed by atoms with van der Waals surface area (Å²) in [6.45, 7) is 3.09. The molecule has 1 atom stereocenters. The fourth-order valence-corrected chi connectivity index (χ4v) is 2.10. The minimum atomic E-state index is -0.519. The molecule has 0 radical (unpaired) electrons. The zero-order valence-corrected chi connectivity index (χ0v) is 11.6. The van der Waals surface area contributed by atoms with E-state index in [2.05, 4.69) is 0 Å². The van der Waals surface area contributed by atoms with E-state index in [1.165, 1.54) is 35.9 Å². The van der Waals surface area contributed by atoms with Gasteiger partial charge < -0.3 is 9.30 Å². The van der Waals surface area contributed by atoms with Gasteiger partial charge in [0, 0.05) is 19.2 Å². The molecule has 0 unspecified atom stereocenters. The maximum absolute atomic E-state index is 12.4. The fraction of sp³-hybridized carbons (Fsp3) is 0.286. The summed E-state index contributed by atoms with van der Waals surface area (Å²) < 4.78 is 6.28. The predicted molar refractivity (Wildman–Crippen MR) is 76.2 cm³/mol. The highest BCUT2D eigenvalue weighted by Gasteiger charge is 2.16. The molecule has 2 aromatic rings. The lowest BCUT2D eigenvalue weighted by Gasteiger charge is -2.15. The van der Waals surface area contributed by atoms with Crippen LogP contribution in [0.1, 0.15) is 19.9 Å². The summed E-state index contributed by atoms with van der Waals surface area (Å²) >= 11 is 0. The number of nitro groups is 1. The monoisotopic (exact) mass is 290 g/mol. The number of aromatic nitrogens is 1. The zero-order chi connectivity index (χ0) is 15.6. The van der Waals surface area contributed by atoms with E-state index >= 15 is 0 Å². The van der Waals surface area contributed by atoms with Crippen molar-refractivity contribution >= 4 is 22.4 Å². The number of carbonyl (C=O) groups excluding carboxylic acids is 1. The molecule has 0 aliphatic rings. The number of esters is 1. The van der Waals surface area contributed by atoms with Crippen LogP contribution in [0.3, 0.4) is 0 Å². The van der Waals surface area contributed by atoms with Gasteiger partial charge in [-0.05, 0) is 19.1 Å². The summed E-state index contributed by atoms with van der Waals surface area (Å²) in [5.74, 6) is -0.425. The largest absolute Gasteiger partial charge is 0.464 e. The van der Waals surface area contributed by atoms with Gasteiger partial charge in [-0.1, -0.05) is 6.07 Å². The van der Waals surface area contributed by atoms with E-state index in [1.54, 1.807) is 13.0 Å². The molecule has 0 amide bonds. The molecule has 0 fully saturated rings. The van der Waals surface area contributed by atoms with E-state index in [4.69, 9.17) is 4.74 Å². The third kappa shape index (κ3) is 2.91. The van der Waals surface area contributed by atoms with Gasteiger partial charge in [-0.15, -0.1) is 0 Å². The summed E-state index contributed by atoms with van der Waals surface area (Å²) in [6.07, 6.45) is 1.48. The highest BCUT2D eigenvalue weighted by molar-refractivity contribution is 5.89. The van der Waals surface area contributed by atoms with Crippen LogP contribution in [0, 0.1) is 10.1 Å². The first kappa shape index (κ1) is 14.7. The minimum Gasteiger partial charge on any atom is -0.464 e. The van der Waals surface area contributed by atoms with Crippen molar-refractivity contribution in [3.63, 3.8) is 0 Å². The van der Waals surface area contributed by atoms with Crippen molar-refractivity contribution in [3.8, 4) is 0 Å². The molecule has 0 aliphatic carbocycles. The Morgan fingerprint density at radius 2 is 2.10 bits per heavy atom. The summed E-state index contributed by atoms with van der Waals surface area (Å²) in [4.78, 5) is 33.6. The third-order valence-corrected chi connectivity index (χ3v) is 3.15. The van der Waals surface area contributed by atoms with E-state index in [0.29, 0.717) is 5.39 Å². The van der Waals surface area contributed by atoms with Gasteiger partial charge in [-0.25, -0.2) is 0 Å². The minimum absolute atomic E-state index is 0.0652. The van der Waals surface area contributed by atoms with Gasteiger partial charge in [0.15, 0.2) is 0 Å². The summed E-state index contributed by atoms with van der Waals surface area (Å²) in [5, 5.41) is 11.5. The van der Waals surface area contributed by atoms with E-state index in [9.17, 15) is 19.7 Å². The molecule has 0 saturated heterocycles. The van der Waals surface area contributed by atoms with Crippen molar-refractivity contribution in [2.75, 3.05) is 6.61 Å². The molecule has 7 nitrogen and oxygen atoms in total. The summed E-state index contributed by atoms with van der Waals surface area (Å²) in [5.41, 5.74) is -0.458. The Bertz CT molecular complexity index is 766. The zero-order valence-electron chi connectivity index (χ0n) is 11.6. The van der Waals surface area contributed by atoms with Crippen LogP contribution in [-0.2, 0) is 9.53 Å². The average molecular weight is 290 g/mol. The number of non-ortho nitro benzene ring substituents is 1. The molecule has 0 N–H and O–H groups in total. The molecule has 7 heteroatoms. The highest BCUT2D eigenvalue weighted by atomic mass is 16.6. The maximum Gasteiger partial charge on any atom is 0.302 e. The van der Waals surface area contributed by atoms with Crippen LogP contribution in [0.2, 0.25) is 0 Å². The van der Waals surface area contributed by atoms with E-state index < -0.39 is 10.9 Å². The van der Waals surface area contributed by atoms with Crippen molar-refractivity contribution in [3.05, 3.63) is 50.9 Å². The van der Waals surface area contributed by atoms with E-state index in [-0.39, 0.29) is 29.3 Å². The van der Waals surface area contributed by atoms with Crippen LogP contribution in [0.15, 0.2) is 35.3 Å². The summed E-state index contributed by atoms with van der Waals surface area (Å²) in [7, 11) is 0. The van der Waals surface area contributed by atoms with Gasteiger partial charge in [-0.3, -0.25) is 19.7 Å². The molecular weight excluding hydrogens is 276 g/mol. The Balaban J connectivity index is 2.50. The second kappa shape index (κ2) is 5.74. The molecule has 2 rings (SSSR count). The van der Waals surface area contributed by atoms with Crippen LogP contribution in [0.5, 0.6) is 0 Å². The first-order valence-corrected chi connectivity index (χ1v) is 6.33. The third-order valence-electron chi connectivity index (χ3n) is 3.15. The van der Waals surface area contributed by atoms with Crippen LogP contribution in [-0.4, -0.2) is 22.1 Å². The molecule has 0 aliphatic heterocycles. The Morgan fingerprint density at radius 1 is 1.38 bits per heavy atom. The van der Waals surface area contributed by atoms with Crippen molar-refractivity contribution in [2.24, 2.45) is 0 Å². The van der Waals surface area contributed by atoms with Crippen LogP contribution >= 0.6 is 0 Å². The molecule has 1 aromatic heterocycles. The lowest BCUT2D eigenvalue weighted by molar-refractivity contribution is -0.383. The van der Waals surface area contributed by atoms with Gasteiger partial charge in [-0.2, -0.15) is 0 Å². The maximum atomic E-state index is 12.4. The summed E-state index contributed by atoms with van der Waals surface area (Å²) in [6, 6.07) is 5.54. The number of carbonyl (C=O) groups is 1. The number of nitro benzene ring substituents is 1. The number of hydrogen-bond donors (Lipinski definition) is 0. The quantitative estimate of drug-likeness (QED) is 0.488. The van der Waals surface area contributed by atoms with Gasteiger partial charge >= 0.3 is 5.97 Å². The number of rotatable bonds is 4. The van der Waals surface area contributed by atoms with Crippen molar-refractivity contribution in [2.45, 2.75) is 19.9 Å². The number of ether oxygens (including phenoxy) is 1. The van der Waals surface area contributed by atoms with Crippen molar-refractivity contribution in [1.82, 2.24) is 4.57 Å². The molecule has 0 bridgehead atoms. The normalized spacial score (nSPS) is 12.1. The van der Waals surface area contributed by atoms with Gasteiger partial charge in [0.25, 0.3) is 11.2 Å². The van der Waals surface area contributed by atoms with E-state index in [0.717, 1.165) is 0 Å². The van der Waals surface area contributed by atoms with Gasteiger partial charge in [0.05, 0.1) is 21.7 Å². The second-order valence-corrected chi connectivity index (χ2v) is 4.68. The SMILES string of the molecule is CC(=O)OC[C@@H](C)n1ccc2c([N+](=O)[O-])cccc2c1=O. The average Bonchev–Trinajstić information content (AvgIpc) is 2.44. The smallest absolute Gasteiger partial charge is 0.302 e. The fourth-order valence-electron chi connectivity index (χ4n) is 2.10. The molecule has 1 aromatic carbocycles. The lowest BCUT2D eigenvalue weighted by Crippen LogP contribution is -2.26. The predicted octanol–water partition coefficient (Wildman–Crippen LogP) is 2.03. The van der Waals surface area contributed by atoms with Crippen molar-refractivity contribution in [1.29, 1.82) is 0 Å². The Labute approximate surface area is 119 Å². The Hall–Kier alpha value is -2.70. The van der Waals surface area contributed by atoms with Gasteiger partial charge in [0.2, 0.25) is 0 Å². The van der Waals surface area contributed by atoms with Crippen LogP contribution in [0.25, 0.3) is 10.8 Å². The molecule has 0 spiro atoms. The van der Waals surface area contributed by atoms with E-state index in [1.807, 2.05) is 0 Å². The molecule has 21 heavy (non-hydrogen) atoms. The number of benzene rings is 1. The highest BCUT2D eigenvalue weighted by Crippen LogP contribution is 2.23. The molecule has 0 saturated carbocycles. The van der Waals surface area contributed by atoms with Gasteiger partial charge in [0.1, 0.15) is 6.61 Å².